The maximum Gasteiger partial charge on any atom is 0.278 e. The molecule has 0 fully saturated rings. The second-order valence-electron chi connectivity index (χ2n) is 2.37. The highest BCUT2D eigenvalue weighted by Gasteiger charge is 2.05. The summed E-state index contributed by atoms with van der Waals surface area (Å²) >= 11 is 11.5. The third-order valence-corrected chi connectivity index (χ3v) is 2.95. The minimum absolute atomic E-state index is 0.755. The normalized spacial score (nSPS) is 10.3. The van der Waals surface area contributed by atoms with Gasteiger partial charge in [-0.25, -0.2) is 0 Å². The van der Waals surface area contributed by atoms with Crippen molar-refractivity contribution < 1.29 is 4.74 Å². The molecule has 65 valence electrons. The quantitative estimate of drug-likeness (QED) is 0.562. The predicted octanol–water partition coefficient (Wildman–Crippen LogP) is 2.74. The largest absolute Gasteiger partial charge is 0.497 e. The SMILES string of the molecule is COc1cccc(C[Si](Cl)Cl)c1. The van der Waals surface area contributed by atoms with Gasteiger partial charge in [0, 0.05) is 0 Å². The minimum atomic E-state index is -1.22. The Morgan fingerprint density at radius 1 is 1.42 bits per heavy atom. The molecule has 0 saturated carbocycles. The molecule has 0 unspecified atom stereocenters. The van der Waals surface area contributed by atoms with Crippen LogP contribution in [0.2, 0.25) is 0 Å². The molecular weight excluding hydrogens is 211 g/mol. The summed E-state index contributed by atoms with van der Waals surface area (Å²) < 4.78 is 5.06. The summed E-state index contributed by atoms with van der Waals surface area (Å²) in [5.74, 6) is 0.851. The van der Waals surface area contributed by atoms with Gasteiger partial charge in [0.05, 0.1) is 7.11 Å². The lowest BCUT2D eigenvalue weighted by Gasteiger charge is -2.02. The van der Waals surface area contributed by atoms with E-state index < -0.39 is 7.42 Å². The molecule has 1 aromatic carbocycles. The number of halogens is 2. The number of benzene rings is 1. The van der Waals surface area contributed by atoms with Crippen molar-refractivity contribution in [3.05, 3.63) is 29.8 Å². The van der Waals surface area contributed by atoms with Crippen molar-refractivity contribution in [3.8, 4) is 5.75 Å². The Morgan fingerprint density at radius 2 is 2.17 bits per heavy atom. The van der Waals surface area contributed by atoms with E-state index in [2.05, 4.69) is 0 Å². The van der Waals surface area contributed by atoms with Crippen molar-refractivity contribution in [2.75, 3.05) is 7.11 Å². The van der Waals surface area contributed by atoms with Crippen LogP contribution in [0, 0.1) is 0 Å². The first kappa shape index (κ1) is 9.90. The molecule has 0 bridgehead atoms. The summed E-state index contributed by atoms with van der Waals surface area (Å²) in [6.07, 6.45) is 0. The molecular formula is C8H9Cl2OSi. The second-order valence-corrected chi connectivity index (χ2v) is 6.72. The fourth-order valence-corrected chi connectivity index (χ4v) is 2.39. The molecule has 0 atom stereocenters. The first-order chi connectivity index (χ1) is 5.72. The first-order valence-corrected chi connectivity index (χ1v) is 7.25. The lowest BCUT2D eigenvalue weighted by molar-refractivity contribution is 0.414. The zero-order valence-corrected chi connectivity index (χ0v) is 9.19. The molecule has 0 spiro atoms. The molecule has 0 aliphatic carbocycles. The monoisotopic (exact) mass is 219 g/mol. The van der Waals surface area contributed by atoms with Crippen molar-refractivity contribution in [1.29, 1.82) is 0 Å². The van der Waals surface area contributed by atoms with Crippen LogP contribution in [-0.2, 0) is 6.04 Å². The highest BCUT2D eigenvalue weighted by molar-refractivity contribution is 7.33. The molecule has 0 heterocycles. The summed E-state index contributed by atoms with van der Waals surface area (Å²) in [4.78, 5) is 0. The van der Waals surface area contributed by atoms with E-state index in [-0.39, 0.29) is 0 Å². The highest BCUT2D eigenvalue weighted by Crippen LogP contribution is 2.15. The number of hydrogen-bond donors (Lipinski definition) is 0. The topological polar surface area (TPSA) is 9.23 Å². The summed E-state index contributed by atoms with van der Waals surface area (Å²) in [7, 11) is 0.423. The van der Waals surface area contributed by atoms with E-state index in [1.165, 1.54) is 0 Å². The fraction of sp³-hybridized carbons (Fsp3) is 0.250. The van der Waals surface area contributed by atoms with E-state index in [4.69, 9.17) is 26.9 Å². The van der Waals surface area contributed by atoms with Gasteiger partial charge >= 0.3 is 0 Å². The third-order valence-electron chi connectivity index (χ3n) is 1.47. The molecule has 0 N–H and O–H groups in total. The van der Waals surface area contributed by atoms with Gasteiger partial charge in [-0.2, -0.15) is 0 Å². The van der Waals surface area contributed by atoms with Gasteiger partial charge in [0.2, 0.25) is 0 Å². The highest BCUT2D eigenvalue weighted by atomic mass is 35.7. The average Bonchev–Trinajstić information content (AvgIpc) is 2.03. The zero-order chi connectivity index (χ0) is 8.97. The minimum Gasteiger partial charge on any atom is -0.497 e. The van der Waals surface area contributed by atoms with Gasteiger partial charge in [0.15, 0.2) is 0 Å². The molecule has 0 amide bonds. The molecule has 4 heteroatoms. The van der Waals surface area contributed by atoms with E-state index in [0.29, 0.717) is 0 Å². The molecule has 0 aliphatic heterocycles. The van der Waals surface area contributed by atoms with Crippen LogP contribution in [0.5, 0.6) is 5.75 Å². The second kappa shape index (κ2) is 4.75. The summed E-state index contributed by atoms with van der Waals surface area (Å²) in [5.41, 5.74) is 1.13. The van der Waals surface area contributed by atoms with E-state index in [9.17, 15) is 0 Å². The molecule has 0 aromatic heterocycles. The van der Waals surface area contributed by atoms with Gasteiger partial charge in [-0.1, -0.05) is 12.1 Å². The van der Waals surface area contributed by atoms with E-state index in [1.807, 2.05) is 24.3 Å². The van der Waals surface area contributed by atoms with E-state index in [0.717, 1.165) is 17.4 Å². The van der Waals surface area contributed by atoms with Crippen molar-refractivity contribution in [3.63, 3.8) is 0 Å². The van der Waals surface area contributed by atoms with Crippen LogP contribution < -0.4 is 4.74 Å². The zero-order valence-electron chi connectivity index (χ0n) is 6.68. The van der Waals surface area contributed by atoms with Crippen molar-refractivity contribution >= 4 is 29.6 Å². The molecule has 0 aliphatic rings. The molecule has 0 saturated heterocycles. The van der Waals surface area contributed by atoms with Crippen LogP contribution in [-0.4, -0.2) is 14.5 Å². The summed E-state index contributed by atoms with van der Waals surface area (Å²) in [5, 5.41) is 0. The summed E-state index contributed by atoms with van der Waals surface area (Å²) in [6.45, 7) is 0. The van der Waals surface area contributed by atoms with Crippen LogP contribution in [0.1, 0.15) is 5.56 Å². The van der Waals surface area contributed by atoms with E-state index in [1.54, 1.807) is 7.11 Å². The Morgan fingerprint density at radius 3 is 2.75 bits per heavy atom. The van der Waals surface area contributed by atoms with Crippen LogP contribution in [0.4, 0.5) is 0 Å². The Balaban J connectivity index is 2.72. The van der Waals surface area contributed by atoms with Gasteiger partial charge in [0.25, 0.3) is 7.42 Å². The van der Waals surface area contributed by atoms with Gasteiger partial charge in [-0.3, -0.25) is 0 Å². The van der Waals surface area contributed by atoms with Crippen molar-refractivity contribution in [2.45, 2.75) is 6.04 Å². The number of methoxy groups -OCH3 is 1. The fourth-order valence-electron chi connectivity index (χ4n) is 0.937. The maximum absolute atomic E-state index is 5.73. The maximum atomic E-state index is 5.73. The number of rotatable bonds is 3. The predicted molar refractivity (Wildman–Crippen MR) is 54.2 cm³/mol. The number of hydrogen-bond acceptors (Lipinski definition) is 1. The van der Waals surface area contributed by atoms with Crippen molar-refractivity contribution in [1.82, 2.24) is 0 Å². The van der Waals surface area contributed by atoms with E-state index >= 15 is 0 Å². The lowest BCUT2D eigenvalue weighted by atomic mass is 10.2. The Bertz CT molecular complexity index is 253. The van der Waals surface area contributed by atoms with Crippen molar-refractivity contribution in [2.24, 2.45) is 0 Å². The first-order valence-electron chi connectivity index (χ1n) is 3.52. The Hall–Kier alpha value is -0.183. The molecule has 1 rings (SSSR count). The third kappa shape index (κ3) is 3.05. The smallest absolute Gasteiger partial charge is 0.278 e. The Kier molecular flexibility index (Phi) is 3.92. The average molecular weight is 220 g/mol. The van der Waals surface area contributed by atoms with Gasteiger partial charge in [-0.15, -0.1) is 22.2 Å². The molecule has 1 radical (unpaired) electrons. The lowest BCUT2D eigenvalue weighted by Crippen LogP contribution is -1.99. The van der Waals surface area contributed by atoms with Gasteiger partial charge in [0.1, 0.15) is 5.75 Å². The summed E-state index contributed by atoms with van der Waals surface area (Å²) in [6, 6.07) is 8.55. The van der Waals surface area contributed by atoms with Gasteiger partial charge in [-0.05, 0) is 23.7 Å². The van der Waals surface area contributed by atoms with Gasteiger partial charge < -0.3 is 4.74 Å². The van der Waals surface area contributed by atoms with Crippen LogP contribution >= 0.6 is 22.2 Å². The molecule has 1 nitrogen and oxygen atoms in total. The van der Waals surface area contributed by atoms with Crippen LogP contribution in [0.25, 0.3) is 0 Å². The standard InChI is InChI=1S/C8H9Cl2OSi/c1-11-8-4-2-3-7(5-8)6-12(9)10/h2-5H,6H2,1H3. The van der Waals surface area contributed by atoms with Crippen LogP contribution in [0.3, 0.4) is 0 Å². The molecule has 1 aromatic rings. The number of ether oxygens (including phenoxy) is 1. The van der Waals surface area contributed by atoms with Crippen LogP contribution in [0.15, 0.2) is 24.3 Å². The Labute approximate surface area is 83.3 Å². The molecule has 12 heavy (non-hydrogen) atoms.